The molecule has 180 valence electrons. The molecule has 0 aromatic heterocycles. The fourth-order valence-corrected chi connectivity index (χ4v) is 5.94. The highest BCUT2D eigenvalue weighted by molar-refractivity contribution is 8.15. The van der Waals surface area contributed by atoms with Crippen LogP contribution in [-0.2, 0) is 12.2 Å². The predicted molar refractivity (Wildman–Crippen MR) is 155 cm³/mol. The van der Waals surface area contributed by atoms with Crippen LogP contribution in [0, 0.1) is 0 Å². The highest BCUT2D eigenvalue weighted by atomic mass is 32.2. The van der Waals surface area contributed by atoms with E-state index >= 15 is 0 Å². The summed E-state index contributed by atoms with van der Waals surface area (Å²) in [6.07, 6.45) is 12.1. The van der Waals surface area contributed by atoms with Crippen molar-refractivity contribution in [2.75, 3.05) is 6.54 Å². The Hall–Kier alpha value is -2.10. The molecule has 1 unspecified atom stereocenters. The Morgan fingerprint density at radius 3 is 2.50 bits per heavy atom. The minimum absolute atomic E-state index is 0.491. The van der Waals surface area contributed by atoms with E-state index in [0.29, 0.717) is 5.92 Å². The molecule has 0 aliphatic heterocycles. The maximum atomic E-state index is 4.99. The van der Waals surface area contributed by atoms with Crippen molar-refractivity contribution in [3.05, 3.63) is 118 Å². The smallest absolute Gasteiger partial charge is 0.0451 e. The minimum atomic E-state index is 0.491. The quantitative estimate of drug-likeness (QED) is 0.228. The van der Waals surface area contributed by atoms with Gasteiger partial charge in [-0.1, -0.05) is 87.2 Å². The summed E-state index contributed by atoms with van der Waals surface area (Å²) < 4.78 is 1.11. The molecule has 34 heavy (non-hydrogen) atoms. The van der Waals surface area contributed by atoms with Crippen LogP contribution in [-0.4, -0.2) is 6.54 Å². The van der Waals surface area contributed by atoms with Gasteiger partial charge in [-0.3, -0.25) is 0 Å². The van der Waals surface area contributed by atoms with Gasteiger partial charge in [0.1, 0.15) is 0 Å². The lowest BCUT2D eigenvalue weighted by atomic mass is 9.76. The molecule has 1 nitrogen and oxygen atoms in total. The highest BCUT2D eigenvalue weighted by Crippen LogP contribution is 2.46. The molecule has 3 heteroatoms. The SMILES string of the molecule is C=CNCCCCC/C=C1\CC(c2ccc(CC)cc2)CC(=C)\C1=C(\S)SCc1ccccc1. The third kappa shape index (κ3) is 7.99. The first kappa shape index (κ1) is 26.5. The van der Waals surface area contributed by atoms with Crippen LogP contribution in [0.5, 0.6) is 0 Å². The fraction of sp³-hybridized carbons (Fsp3) is 0.355. The zero-order chi connectivity index (χ0) is 24.2. The van der Waals surface area contributed by atoms with Gasteiger partial charge in [0.2, 0.25) is 0 Å². The zero-order valence-electron chi connectivity index (χ0n) is 20.6. The van der Waals surface area contributed by atoms with Gasteiger partial charge < -0.3 is 5.32 Å². The Kier molecular flexibility index (Phi) is 11.2. The maximum absolute atomic E-state index is 4.99. The molecule has 1 aliphatic carbocycles. The van der Waals surface area contributed by atoms with Gasteiger partial charge in [-0.05, 0) is 84.1 Å². The van der Waals surface area contributed by atoms with Gasteiger partial charge in [-0.15, -0.1) is 24.4 Å². The lowest BCUT2D eigenvalue weighted by Gasteiger charge is -2.30. The van der Waals surface area contributed by atoms with Crippen LogP contribution in [0.4, 0.5) is 0 Å². The largest absolute Gasteiger partial charge is 0.391 e. The number of unbranched alkanes of at least 4 members (excludes halogenated alkanes) is 3. The molecular weight excluding hydrogens is 450 g/mol. The number of benzene rings is 2. The number of thiol groups is 1. The molecule has 2 aromatic rings. The molecule has 1 N–H and O–H groups in total. The van der Waals surface area contributed by atoms with Crippen LogP contribution in [0.25, 0.3) is 0 Å². The van der Waals surface area contributed by atoms with Gasteiger partial charge in [0.05, 0.1) is 0 Å². The molecular formula is C31H39NS2. The standard InChI is InChI=1S/C31H39NS2/c1-4-25-16-18-27(19-17-25)29-21-24(3)30(31(33)34-23-26-13-9-8-10-14-26)28(22-29)15-11-6-7-12-20-32-5-2/h5,8-10,13-19,29,32-33H,2-4,6-7,11-12,20-23H2,1H3/b28-15+,31-30+. The van der Waals surface area contributed by atoms with Gasteiger partial charge in [0, 0.05) is 16.5 Å². The molecule has 1 atom stereocenters. The Balaban J connectivity index is 1.75. The van der Waals surface area contributed by atoms with E-state index in [1.165, 1.54) is 52.7 Å². The molecule has 3 rings (SSSR count). The number of hydrogen-bond donors (Lipinski definition) is 2. The fourth-order valence-electron chi connectivity index (χ4n) is 4.53. The molecule has 1 aliphatic rings. The summed E-state index contributed by atoms with van der Waals surface area (Å²) in [5.41, 5.74) is 8.10. The highest BCUT2D eigenvalue weighted by Gasteiger charge is 2.26. The maximum Gasteiger partial charge on any atom is 0.0451 e. The van der Waals surface area contributed by atoms with Crippen molar-refractivity contribution in [2.24, 2.45) is 0 Å². The van der Waals surface area contributed by atoms with Crippen LogP contribution < -0.4 is 5.32 Å². The number of thioether (sulfide) groups is 1. The summed E-state index contributed by atoms with van der Waals surface area (Å²) in [4.78, 5) is 0. The first-order valence-electron chi connectivity index (χ1n) is 12.5. The topological polar surface area (TPSA) is 12.0 Å². The monoisotopic (exact) mass is 489 g/mol. The Labute approximate surface area is 216 Å². The van der Waals surface area contributed by atoms with Crippen molar-refractivity contribution in [3.8, 4) is 0 Å². The van der Waals surface area contributed by atoms with E-state index in [1.807, 2.05) is 11.8 Å². The molecule has 1 fully saturated rings. The molecule has 0 bridgehead atoms. The summed E-state index contributed by atoms with van der Waals surface area (Å²) in [6.45, 7) is 11.5. The Morgan fingerprint density at radius 2 is 1.79 bits per heavy atom. The summed E-state index contributed by atoms with van der Waals surface area (Å²) in [5, 5.41) is 3.19. The first-order valence-corrected chi connectivity index (χ1v) is 14.0. The van der Waals surface area contributed by atoms with E-state index in [1.54, 1.807) is 6.20 Å². The summed E-state index contributed by atoms with van der Waals surface area (Å²) in [6, 6.07) is 19.8. The second-order valence-electron chi connectivity index (χ2n) is 9.00. The molecule has 0 radical (unpaired) electrons. The Bertz CT molecular complexity index is 986. The van der Waals surface area contributed by atoms with E-state index in [2.05, 4.69) is 86.1 Å². The number of hydrogen-bond acceptors (Lipinski definition) is 3. The van der Waals surface area contributed by atoms with Gasteiger partial charge in [0.15, 0.2) is 0 Å². The molecule has 0 amide bonds. The third-order valence-corrected chi connectivity index (χ3v) is 8.05. The number of aryl methyl sites for hydroxylation is 1. The molecule has 1 saturated carbocycles. The van der Waals surface area contributed by atoms with Crippen LogP contribution in [0.15, 0.2) is 101 Å². The summed E-state index contributed by atoms with van der Waals surface area (Å²) in [7, 11) is 0. The number of allylic oxidation sites excluding steroid dienone is 4. The van der Waals surface area contributed by atoms with Gasteiger partial charge in [-0.2, -0.15) is 0 Å². The van der Waals surface area contributed by atoms with Crippen LogP contribution in [0.1, 0.15) is 68.1 Å². The van der Waals surface area contributed by atoms with E-state index in [0.717, 1.165) is 42.2 Å². The van der Waals surface area contributed by atoms with Crippen molar-refractivity contribution in [1.82, 2.24) is 5.32 Å². The average molecular weight is 490 g/mol. The molecule has 0 saturated heterocycles. The minimum Gasteiger partial charge on any atom is -0.391 e. The Morgan fingerprint density at radius 1 is 1.03 bits per heavy atom. The summed E-state index contributed by atoms with van der Waals surface area (Å²) in [5.74, 6) is 1.42. The predicted octanol–water partition coefficient (Wildman–Crippen LogP) is 8.98. The van der Waals surface area contributed by atoms with E-state index in [9.17, 15) is 0 Å². The van der Waals surface area contributed by atoms with Gasteiger partial charge in [0.25, 0.3) is 0 Å². The van der Waals surface area contributed by atoms with Gasteiger partial charge in [-0.25, -0.2) is 0 Å². The second-order valence-corrected chi connectivity index (χ2v) is 10.7. The van der Waals surface area contributed by atoms with Gasteiger partial charge >= 0.3 is 0 Å². The zero-order valence-corrected chi connectivity index (χ0v) is 22.3. The number of nitrogens with one attached hydrogen (secondary N) is 1. The van der Waals surface area contributed by atoms with E-state index in [-0.39, 0.29) is 0 Å². The van der Waals surface area contributed by atoms with Crippen LogP contribution in [0.3, 0.4) is 0 Å². The normalized spacial score (nSPS) is 18.7. The van der Waals surface area contributed by atoms with Crippen molar-refractivity contribution in [3.63, 3.8) is 0 Å². The van der Waals surface area contributed by atoms with Crippen molar-refractivity contribution in [2.45, 2.75) is 63.5 Å². The van der Waals surface area contributed by atoms with Crippen molar-refractivity contribution < 1.29 is 0 Å². The molecule has 0 spiro atoms. The van der Waals surface area contributed by atoms with Crippen molar-refractivity contribution >= 4 is 24.4 Å². The van der Waals surface area contributed by atoms with E-state index < -0.39 is 0 Å². The van der Waals surface area contributed by atoms with E-state index in [4.69, 9.17) is 12.6 Å². The molecule has 2 aromatic carbocycles. The molecule has 0 heterocycles. The lowest BCUT2D eigenvalue weighted by Crippen LogP contribution is -2.12. The first-order chi connectivity index (χ1) is 16.6. The number of rotatable bonds is 12. The van der Waals surface area contributed by atoms with Crippen LogP contribution >= 0.6 is 24.4 Å². The average Bonchev–Trinajstić information content (AvgIpc) is 2.87. The summed E-state index contributed by atoms with van der Waals surface area (Å²) >= 11 is 6.81. The van der Waals surface area contributed by atoms with Crippen molar-refractivity contribution in [1.29, 1.82) is 0 Å². The third-order valence-electron chi connectivity index (χ3n) is 6.49. The lowest BCUT2D eigenvalue weighted by molar-refractivity contribution is 0.638. The van der Waals surface area contributed by atoms with Crippen LogP contribution in [0.2, 0.25) is 0 Å². The second kappa shape index (κ2) is 14.3.